The zero-order chi connectivity index (χ0) is 14.8. The number of carboxylic acid groups (broad SMARTS) is 1. The van der Waals surface area contributed by atoms with Gasteiger partial charge in [0, 0.05) is 29.0 Å². The first-order chi connectivity index (χ1) is 10.1. The Morgan fingerprint density at radius 3 is 2.81 bits per heavy atom. The van der Waals surface area contributed by atoms with Gasteiger partial charge in [-0.25, -0.2) is 4.79 Å². The number of rotatable bonds is 3. The summed E-state index contributed by atoms with van der Waals surface area (Å²) in [7, 11) is 0. The molecule has 0 radical (unpaired) electrons. The molecule has 1 heterocycles. The monoisotopic (exact) mass is 299 g/mol. The second-order valence-electron chi connectivity index (χ2n) is 4.91. The van der Waals surface area contributed by atoms with E-state index in [0.717, 1.165) is 24.7 Å². The van der Waals surface area contributed by atoms with Gasteiger partial charge < -0.3 is 10.0 Å². The van der Waals surface area contributed by atoms with E-state index in [0.29, 0.717) is 10.6 Å². The fraction of sp³-hybridized carbons (Fsp3) is 0.118. The molecule has 3 rings (SSSR count). The maximum atomic E-state index is 10.6. The fourth-order valence-corrected chi connectivity index (χ4v) is 2.82. The van der Waals surface area contributed by atoms with Gasteiger partial charge in [0.2, 0.25) is 0 Å². The molecular weight excluding hydrogens is 286 g/mol. The molecule has 4 heteroatoms. The number of carbonyl (C=O) groups is 1. The molecular formula is C17H14ClNO2. The summed E-state index contributed by atoms with van der Waals surface area (Å²) < 4.78 is 0. The van der Waals surface area contributed by atoms with E-state index in [4.69, 9.17) is 16.7 Å². The van der Waals surface area contributed by atoms with Crippen molar-refractivity contribution in [2.45, 2.75) is 6.42 Å². The van der Waals surface area contributed by atoms with Gasteiger partial charge in [0.1, 0.15) is 0 Å². The van der Waals surface area contributed by atoms with Crippen LogP contribution >= 0.6 is 11.6 Å². The summed E-state index contributed by atoms with van der Waals surface area (Å²) in [5.74, 6) is -0.983. The molecule has 1 N–H and O–H groups in total. The standard InChI is InChI=1S/C17H14ClNO2/c18-15-11-14(7-5-12(15)6-8-17(20)21)19-10-9-13-3-1-2-4-16(13)19/h1-8,11H,9-10H2,(H,20,21)/b8-6+. The summed E-state index contributed by atoms with van der Waals surface area (Å²) >= 11 is 6.25. The van der Waals surface area contributed by atoms with E-state index in [1.165, 1.54) is 17.3 Å². The minimum atomic E-state index is -0.983. The van der Waals surface area contributed by atoms with Gasteiger partial charge in [-0.1, -0.05) is 35.9 Å². The Hall–Kier alpha value is -2.26. The maximum Gasteiger partial charge on any atom is 0.328 e. The zero-order valence-electron chi connectivity index (χ0n) is 11.3. The molecule has 0 unspecified atom stereocenters. The van der Waals surface area contributed by atoms with E-state index in [9.17, 15) is 4.79 Å². The molecule has 3 nitrogen and oxygen atoms in total. The molecule has 0 atom stereocenters. The molecule has 0 bridgehead atoms. The lowest BCUT2D eigenvalue weighted by molar-refractivity contribution is -0.131. The lowest BCUT2D eigenvalue weighted by Crippen LogP contribution is -2.13. The summed E-state index contributed by atoms with van der Waals surface area (Å²) in [4.78, 5) is 12.8. The van der Waals surface area contributed by atoms with Crippen molar-refractivity contribution < 1.29 is 9.90 Å². The highest BCUT2D eigenvalue weighted by atomic mass is 35.5. The Balaban J connectivity index is 1.92. The van der Waals surface area contributed by atoms with Crippen LogP contribution in [0.4, 0.5) is 11.4 Å². The fourth-order valence-electron chi connectivity index (χ4n) is 2.59. The number of carboxylic acids is 1. The summed E-state index contributed by atoms with van der Waals surface area (Å²) in [6.07, 6.45) is 3.62. The number of benzene rings is 2. The first-order valence-electron chi connectivity index (χ1n) is 6.71. The predicted octanol–water partition coefficient (Wildman–Crippen LogP) is 4.13. The molecule has 106 valence electrons. The number of fused-ring (bicyclic) bond motifs is 1. The Morgan fingerprint density at radius 2 is 2.05 bits per heavy atom. The van der Waals surface area contributed by atoms with Crippen molar-refractivity contribution in [2.75, 3.05) is 11.4 Å². The van der Waals surface area contributed by atoms with Crippen molar-refractivity contribution >= 4 is 35.0 Å². The van der Waals surface area contributed by atoms with E-state index >= 15 is 0 Å². The number of aliphatic carboxylic acids is 1. The molecule has 1 aliphatic rings. The summed E-state index contributed by atoms with van der Waals surface area (Å²) in [5, 5.41) is 9.21. The number of hydrogen-bond acceptors (Lipinski definition) is 2. The quantitative estimate of drug-likeness (QED) is 0.866. The minimum Gasteiger partial charge on any atom is -0.478 e. The van der Waals surface area contributed by atoms with Gasteiger partial charge in [0.05, 0.1) is 0 Å². The number of para-hydroxylation sites is 1. The average Bonchev–Trinajstić information content (AvgIpc) is 2.89. The van der Waals surface area contributed by atoms with Crippen LogP contribution in [0.3, 0.4) is 0 Å². The largest absolute Gasteiger partial charge is 0.478 e. The van der Waals surface area contributed by atoms with Gasteiger partial charge in [0.25, 0.3) is 0 Å². The van der Waals surface area contributed by atoms with Crippen molar-refractivity contribution in [3.63, 3.8) is 0 Å². The molecule has 0 saturated heterocycles. The molecule has 0 fully saturated rings. The lowest BCUT2D eigenvalue weighted by Gasteiger charge is -2.20. The van der Waals surface area contributed by atoms with Crippen LogP contribution in [-0.2, 0) is 11.2 Å². The predicted molar refractivity (Wildman–Crippen MR) is 85.3 cm³/mol. The van der Waals surface area contributed by atoms with E-state index in [1.807, 2.05) is 24.3 Å². The Bertz CT molecular complexity index is 724. The highest BCUT2D eigenvalue weighted by molar-refractivity contribution is 6.32. The topological polar surface area (TPSA) is 40.5 Å². The molecule has 21 heavy (non-hydrogen) atoms. The van der Waals surface area contributed by atoms with Gasteiger partial charge in [-0.15, -0.1) is 0 Å². The number of halogens is 1. The maximum absolute atomic E-state index is 10.6. The summed E-state index contributed by atoms with van der Waals surface area (Å²) in [6.45, 7) is 0.931. The zero-order valence-corrected chi connectivity index (χ0v) is 12.0. The van der Waals surface area contributed by atoms with Crippen LogP contribution in [0.5, 0.6) is 0 Å². The molecule has 0 spiro atoms. The first-order valence-corrected chi connectivity index (χ1v) is 7.09. The highest BCUT2D eigenvalue weighted by Gasteiger charge is 2.20. The van der Waals surface area contributed by atoms with E-state index < -0.39 is 5.97 Å². The van der Waals surface area contributed by atoms with Crippen molar-refractivity contribution in [1.29, 1.82) is 0 Å². The second-order valence-corrected chi connectivity index (χ2v) is 5.31. The molecule has 2 aromatic carbocycles. The van der Waals surface area contributed by atoms with E-state index in [2.05, 4.69) is 23.1 Å². The van der Waals surface area contributed by atoms with Crippen LogP contribution in [0, 0.1) is 0 Å². The first kappa shape index (κ1) is 13.7. The van der Waals surface area contributed by atoms with Gasteiger partial charge >= 0.3 is 5.97 Å². The molecule has 0 saturated carbocycles. The van der Waals surface area contributed by atoms with Crippen molar-refractivity contribution in [3.05, 3.63) is 64.7 Å². The Labute approximate surface area is 128 Å². The third-order valence-corrected chi connectivity index (χ3v) is 3.92. The lowest BCUT2D eigenvalue weighted by atomic mass is 10.1. The van der Waals surface area contributed by atoms with Crippen LogP contribution < -0.4 is 4.90 Å². The van der Waals surface area contributed by atoms with Gasteiger partial charge in [-0.05, 0) is 41.8 Å². The Morgan fingerprint density at radius 1 is 1.24 bits per heavy atom. The van der Waals surface area contributed by atoms with Crippen LogP contribution in [0.25, 0.3) is 6.08 Å². The van der Waals surface area contributed by atoms with E-state index in [1.54, 1.807) is 0 Å². The third-order valence-electron chi connectivity index (χ3n) is 3.59. The van der Waals surface area contributed by atoms with Crippen molar-refractivity contribution in [3.8, 4) is 0 Å². The number of nitrogens with zero attached hydrogens (tertiary/aromatic N) is 1. The van der Waals surface area contributed by atoms with Crippen LogP contribution in [0.2, 0.25) is 5.02 Å². The van der Waals surface area contributed by atoms with Crippen molar-refractivity contribution in [2.24, 2.45) is 0 Å². The van der Waals surface area contributed by atoms with Crippen LogP contribution in [-0.4, -0.2) is 17.6 Å². The third kappa shape index (κ3) is 2.78. The molecule has 0 aliphatic carbocycles. The minimum absolute atomic E-state index is 0.550. The Kier molecular flexibility index (Phi) is 3.67. The smallest absolute Gasteiger partial charge is 0.328 e. The molecule has 2 aromatic rings. The second kappa shape index (κ2) is 5.62. The number of anilines is 2. The SMILES string of the molecule is O=C(O)/C=C/c1ccc(N2CCc3ccccc32)cc1Cl. The normalized spacial score (nSPS) is 13.7. The molecule has 1 aliphatic heterocycles. The van der Waals surface area contributed by atoms with Gasteiger partial charge in [0.15, 0.2) is 0 Å². The summed E-state index contributed by atoms with van der Waals surface area (Å²) in [6, 6.07) is 14.0. The van der Waals surface area contributed by atoms with Crippen LogP contribution in [0.1, 0.15) is 11.1 Å². The van der Waals surface area contributed by atoms with E-state index in [-0.39, 0.29) is 0 Å². The van der Waals surface area contributed by atoms with Gasteiger partial charge in [-0.2, -0.15) is 0 Å². The highest BCUT2D eigenvalue weighted by Crippen LogP contribution is 2.36. The van der Waals surface area contributed by atoms with Crippen molar-refractivity contribution in [1.82, 2.24) is 0 Å². The number of hydrogen-bond donors (Lipinski definition) is 1. The summed E-state index contributed by atoms with van der Waals surface area (Å²) in [5.41, 5.74) is 4.28. The molecule has 0 aromatic heterocycles. The average molecular weight is 300 g/mol. The van der Waals surface area contributed by atoms with Crippen LogP contribution in [0.15, 0.2) is 48.5 Å². The molecule has 0 amide bonds. The van der Waals surface area contributed by atoms with Gasteiger partial charge in [-0.3, -0.25) is 0 Å².